The number of carbonyl (C=O) groups is 3. The monoisotopic (exact) mass is 525 g/mol. The van der Waals surface area contributed by atoms with Crippen molar-refractivity contribution in [2.24, 2.45) is 0 Å². The number of fused-ring (bicyclic) bond motifs is 1. The first-order valence-corrected chi connectivity index (χ1v) is 13.1. The quantitative estimate of drug-likeness (QED) is 0.308. The van der Waals surface area contributed by atoms with Gasteiger partial charge in [-0.2, -0.15) is 0 Å². The molecule has 0 saturated carbocycles. The molecule has 200 valence electrons. The van der Waals surface area contributed by atoms with Crippen molar-refractivity contribution in [3.63, 3.8) is 0 Å². The van der Waals surface area contributed by atoms with Crippen molar-refractivity contribution in [1.29, 1.82) is 0 Å². The van der Waals surface area contributed by atoms with Crippen LogP contribution >= 0.6 is 0 Å². The Labute approximate surface area is 228 Å². The van der Waals surface area contributed by atoms with Gasteiger partial charge in [0.05, 0.1) is 6.54 Å². The van der Waals surface area contributed by atoms with Crippen molar-refractivity contribution in [2.75, 3.05) is 26.2 Å². The van der Waals surface area contributed by atoms with Gasteiger partial charge < -0.3 is 14.4 Å². The third-order valence-corrected chi connectivity index (χ3v) is 7.12. The number of nitrogens with zero attached hydrogens (tertiary/aromatic N) is 2. The molecule has 0 aliphatic carbocycles. The molecule has 2 aromatic carbocycles. The number of likely N-dealkylation sites (tertiary alicyclic amines) is 1. The lowest BCUT2D eigenvalue weighted by Gasteiger charge is -2.39. The number of para-hydroxylation sites is 1. The molecule has 8 heteroatoms. The molecule has 0 bridgehead atoms. The van der Waals surface area contributed by atoms with Crippen LogP contribution < -0.4 is 14.8 Å². The number of hydrogen-bond donors (Lipinski definition) is 1. The number of allylic oxidation sites excluding steroid dienone is 2. The molecule has 0 aromatic heterocycles. The molecule has 3 heterocycles. The fraction of sp³-hybridized carbons (Fsp3) is 0.323. The largest absolute Gasteiger partial charge is 0.488 e. The summed E-state index contributed by atoms with van der Waals surface area (Å²) in [5.74, 6) is 3.15. The maximum absolute atomic E-state index is 13.0. The summed E-state index contributed by atoms with van der Waals surface area (Å²) in [5.41, 5.74) is 3.07. The van der Waals surface area contributed by atoms with Crippen molar-refractivity contribution in [1.82, 2.24) is 15.1 Å². The Morgan fingerprint density at radius 3 is 2.64 bits per heavy atom. The Balaban J connectivity index is 1.15. The maximum atomic E-state index is 13.0. The van der Waals surface area contributed by atoms with Gasteiger partial charge >= 0.3 is 0 Å². The third kappa shape index (κ3) is 6.05. The summed E-state index contributed by atoms with van der Waals surface area (Å²) in [6.07, 6.45) is 10.4. The van der Waals surface area contributed by atoms with E-state index in [2.05, 4.69) is 23.1 Å². The summed E-state index contributed by atoms with van der Waals surface area (Å²) in [7, 11) is 0. The Morgan fingerprint density at radius 1 is 1.10 bits per heavy atom. The van der Waals surface area contributed by atoms with E-state index in [4.69, 9.17) is 15.9 Å². The molecule has 2 fully saturated rings. The molecular formula is C31H31N3O5. The van der Waals surface area contributed by atoms with E-state index in [1.165, 1.54) is 10.5 Å². The molecule has 0 spiro atoms. The van der Waals surface area contributed by atoms with Crippen LogP contribution in [0.2, 0.25) is 0 Å². The molecule has 1 N–H and O–H groups in total. The van der Waals surface area contributed by atoms with E-state index in [-0.39, 0.29) is 37.5 Å². The van der Waals surface area contributed by atoms with Gasteiger partial charge in [-0.15, -0.1) is 6.42 Å². The number of benzene rings is 2. The summed E-state index contributed by atoms with van der Waals surface area (Å²) in [5, 5.41) is 2.32. The van der Waals surface area contributed by atoms with E-state index in [0.29, 0.717) is 23.3 Å². The first-order chi connectivity index (χ1) is 18.9. The highest BCUT2D eigenvalue weighted by Gasteiger charge is 2.40. The van der Waals surface area contributed by atoms with Gasteiger partial charge in [-0.3, -0.25) is 24.6 Å². The minimum Gasteiger partial charge on any atom is -0.488 e. The number of nitrogens with one attached hydrogen (secondary N) is 1. The number of imide groups is 1. The molecule has 2 saturated heterocycles. The van der Waals surface area contributed by atoms with Gasteiger partial charge in [-0.1, -0.05) is 41.8 Å². The lowest BCUT2D eigenvalue weighted by Crippen LogP contribution is -2.54. The van der Waals surface area contributed by atoms with Crippen LogP contribution in [0.4, 0.5) is 0 Å². The zero-order valence-corrected chi connectivity index (χ0v) is 21.9. The standard InChI is InChI=1S/C31H31N3O5/c1-3-22(13-12-21(2)16-33-17-24(18-33)39-23-8-5-4-6-9-23)20-38-28-11-7-10-25-26(28)19-34(31(25)37)27-14-15-29(35)32-30(27)36/h1,4-13,24,27H,14-20H2,2H3,(H,32,35,36)/b21-12+,22-13+. The Morgan fingerprint density at radius 2 is 1.90 bits per heavy atom. The number of amides is 3. The van der Waals surface area contributed by atoms with Gasteiger partial charge in [0.25, 0.3) is 5.91 Å². The average Bonchev–Trinajstić information content (AvgIpc) is 3.25. The predicted octanol–water partition coefficient (Wildman–Crippen LogP) is 3.10. The Hall–Kier alpha value is -4.35. The number of terminal acetylenes is 1. The summed E-state index contributed by atoms with van der Waals surface area (Å²) < 4.78 is 12.0. The van der Waals surface area contributed by atoms with Crippen LogP contribution in [0.3, 0.4) is 0 Å². The second-order valence-corrected chi connectivity index (χ2v) is 10.1. The van der Waals surface area contributed by atoms with Crippen LogP contribution in [-0.2, 0) is 16.1 Å². The predicted molar refractivity (Wildman–Crippen MR) is 146 cm³/mol. The van der Waals surface area contributed by atoms with E-state index in [9.17, 15) is 14.4 Å². The summed E-state index contributed by atoms with van der Waals surface area (Å²) in [6.45, 7) is 5.07. The van der Waals surface area contributed by atoms with Crippen LogP contribution in [0.5, 0.6) is 11.5 Å². The van der Waals surface area contributed by atoms with Crippen LogP contribution in [0.1, 0.15) is 35.7 Å². The van der Waals surface area contributed by atoms with Crippen molar-refractivity contribution in [2.45, 2.75) is 38.5 Å². The number of carbonyl (C=O) groups excluding carboxylic acids is 3. The molecular weight excluding hydrogens is 494 g/mol. The van der Waals surface area contributed by atoms with Crippen molar-refractivity contribution in [3.05, 3.63) is 83.0 Å². The number of rotatable bonds is 9. The molecule has 0 radical (unpaired) electrons. The highest BCUT2D eigenvalue weighted by molar-refractivity contribution is 6.05. The van der Waals surface area contributed by atoms with E-state index < -0.39 is 11.9 Å². The van der Waals surface area contributed by atoms with Crippen molar-refractivity contribution >= 4 is 17.7 Å². The minimum atomic E-state index is -0.670. The molecule has 1 unspecified atom stereocenters. The van der Waals surface area contributed by atoms with Crippen LogP contribution in [0.25, 0.3) is 0 Å². The second kappa shape index (κ2) is 11.6. The van der Waals surface area contributed by atoms with Gasteiger partial charge in [-0.05, 0) is 43.7 Å². The Bertz CT molecular complexity index is 1370. The third-order valence-electron chi connectivity index (χ3n) is 7.12. The van der Waals surface area contributed by atoms with Crippen LogP contribution in [0.15, 0.2) is 71.8 Å². The fourth-order valence-corrected chi connectivity index (χ4v) is 5.05. The van der Waals surface area contributed by atoms with E-state index in [1.54, 1.807) is 18.2 Å². The van der Waals surface area contributed by atoms with Crippen LogP contribution in [0, 0.1) is 12.3 Å². The first-order valence-electron chi connectivity index (χ1n) is 13.1. The summed E-state index contributed by atoms with van der Waals surface area (Å²) >= 11 is 0. The first kappa shape index (κ1) is 26.3. The SMILES string of the molecule is C#C/C(=C\C=C(/C)CN1CC(Oc2ccccc2)C1)COc1cccc2c1CN(C1CCC(=O)NC1=O)C2=O. The number of hydrogen-bond acceptors (Lipinski definition) is 6. The zero-order chi connectivity index (χ0) is 27.4. The van der Waals surface area contributed by atoms with Crippen molar-refractivity contribution in [3.8, 4) is 23.8 Å². The highest BCUT2D eigenvalue weighted by atomic mass is 16.5. The molecule has 8 nitrogen and oxygen atoms in total. The number of piperidine rings is 1. The molecule has 5 rings (SSSR count). The molecule has 3 aliphatic rings. The molecule has 3 amide bonds. The lowest BCUT2D eigenvalue weighted by atomic mass is 10.0. The average molecular weight is 526 g/mol. The van der Waals surface area contributed by atoms with Gasteiger partial charge in [0, 0.05) is 42.8 Å². The maximum Gasteiger partial charge on any atom is 0.255 e. The van der Waals surface area contributed by atoms with Gasteiger partial charge in [0.1, 0.15) is 30.3 Å². The van der Waals surface area contributed by atoms with E-state index in [1.807, 2.05) is 42.5 Å². The molecule has 39 heavy (non-hydrogen) atoms. The zero-order valence-electron chi connectivity index (χ0n) is 21.9. The smallest absolute Gasteiger partial charge is 0.255 e. The molecule has 2 aromatic rings. The fourth-order valence-electron chi connectivity index (χ4n) is 5.05. The topological polar surface area (TPSA) is 88.2 Å². The Kier molecular flexibility index (Phi) is 7.80. The van der Waals surface area contributed by atoms with Gasteiger partial charge in [0.2, 0.25) is 11.8 Å². The second-order valence-electron chi connectivity index (χ2n) is 10.1. The summed E-state index contributed by atoms with van der Waals surface area (Å²) in [6, 6.07) is 14.5. The molecule has 1 atom stereocenters. The lowest BCUT2D eigenvalue weighted by molar-refractivity contribution is -0.136. The number of ether oxygens (including phenoxy) is 2. The highest BCUT2D eigenvalue weighted by Crippen LogP contribution is 2.33. The van der Waals surface area contributed by atoms with Crippen molar-refractivity contribution < 1.29 is 23.9 Å². The van der Waals surface area contributed by atoms with E-state index in [0.717, 1.165) is 30.9 Å². The normalized spacial score (nSPS) is 20.3. The van der Waals surface area contributed by atoms with Crippen LogP contribution in [-0.4, -0.2) is 65.9 Å². The summed E-state index contributed by atoms with van der Waals surface area (Å²) in [4.78, 5) is 40.7. The van der Waals surface area contributed by atoms with Gasteiger partial charge in [0.15, 0.2) is 0 Å². The minimum absolute atomic E-state index is 0.181. The van der Waals surface area contributed by atoms with Gasteiger partial charge in [-0.25, -0.2) is 0 Å². The van der Waals surface area contributed by atoms with E-state index >= 15 is 0 Å². The molecule has 3 aliphatic heterocycles.